The second-order valence-corrected chi connectivity index (χ2v) is 7.32. The number of hydrogen-bond donors (Lipinski definition) is 1. The number of hydrogen-bond acceptors (Lipinski definition) is 7. The molecule has 0 radical (unpaired) electrons. The third kappa shape index (κ3) is 6.30. The van der Waals surface area contributed by atoms with Gasteiger partial charge in [0.1, 0.15) is 18.5 Å². The van der Waals surface area contributed by atoms with E-state index in [-0.39, 0.29) is 0 Å². The Morgan fingerprint density at radius 1 is 1.19 bits per heavy atom. The first-order valence-corrected chi connectivity index (χ1v) is 9.69. The Bertz CT molecular complexity index is 700. The topological polar surface area (TPSA) is 74.9 Å². The summed E-state index contributed by atoms with van der Waals surface area (Å²) in [6.45, 7) is 6.20. The summed E-state index contributed by atoms with van der Waals surface area (Å²) in [7, 11) is 2.00. The lowest BCUT2D eigenvalue weighted by Crippen LogP contribution is -2.38. The van der Waals surface area contributed by atoms with E-state index in [1.165, 1.54) is 19.3 Å². The lowest BCUT2D eigenvalue weighted by Gasteiger charge is -2.28. The summed E-state index contributed by atoms with van der Waals surface area (Å²) >= 11 is 0. The van der Waals surface area contributed by atoms with Crippen LogP contribution in [0, 0.1) is 6.92 Å². The number of benzene rings is 1. The quantitative estimate of drug-likeness (QED) is 0.721. The fourth-order valence-corrected chi connectivity index (χ4v) is 3.43. The Balaban J connectivity index is 1.50. The molecule has 7 nitrogen and oxygen atoms in total. The highest BCUT2D eigenvalue weighted by Crippen LogP contribution is 2.20. The maximum Gasteiger partial charge on any atom is 0.230 e. The summed E-state index contributed by atoms with van der Waals surface area (Å²) in [4.78, 5) is 4.42. The van der Waals surface area contributed by atoms with E-state index in [2.05, 4.69) is 20.0 Å². The van der Waals surface area contributed by atoms with Crippen molar-refractivity contribution in [3.63, 3.8) is 0 Å². The molecule has 1 atom stereocenters. The number of piperidine rings is 1. The van der Waals surface area contributed by atoms with Crippen LogP contribution in [0.5, 0.6) is 5.75 Å². The molecular weight excluding hydrogens is 344 g/mol. The third-order valence-electron chi connectivity index (χ3n) is 4.73. The van der Waals surface area contributed by atoms with Gasteiger partial charge in [0.05, 0.1) is 6.54 Å². The highest BCUT2D eigenvalue weighted by atomic mass is 16.5. The summed E-state index contributed by atoms with van der Waals surface area (Å²) in [6, 6.07) is 7.95. The molecule has 2 aromatic rings. The van der Waals surface area contributed by atoms with E-state index in [4.69, 9.17) is 9.15 Å². The Morgan fingerprint density at radius 3 is 2.70 bits per heavy atom. The average Bonchev–Trinajstić information content (AvgIpc) is 3.06. The molecular formula is C20H30N4O3. The molecule has 148 valence electrons. The van der Waals surface area contributed by atoms with Crippen molar-refractivity contribution in [3.05, 3.63) is 41.6 Å². The minimum Gasteiger partial charge on any atom is -0.491 e. The minimum atomic E-state index is -0.477. The lowest BCUT2D eigenvalue weighted by molar-refractivity contribution is 0.0611. The average molecular weight is 374 g/mol. The third-order valence-corrected chi connectivity index (χ3v) is 4.73. The van der Waals surface area contributed by atoms with Crippen molar-refractivity contribution in [2.45, 2.75) is 45.4 Å². The second-order valence-electron chi connectivity index (χ2n) is 7.32. The fourth-order valence-electron chi connectivity index (χ4n) is 3.43. The van der Waals surface area contributed by atoms with Crippen molar-refractivity contribution in [3.8, 4) is 5.75 Å². The highest BCUT2D eigenvalue weighted by molar-refractivity contribution is 5.33. The van der Waals surface area contributed by atoms with Crippen molar-refractivity contribution >= 4 is 0 Å². The van der Waals surface area contributed by atoms with Gasteiger partial charge >= 0.3 is 0 Å². The smallest absolute Gasteiger partial charge is 0.230 e. The summed E-state index contributed by atoms with van der Waals surface area (Å²) in [5.74, 6) is 1.99. The monoisotopic (exact) mass is 374 g/mol. The molecule has 0 spiro atoms. The van der Waals surface area contributed by atoms with Gasteiger partial charge in [0, 0.05) is 25.6 Å². The Kier molecular flexibility index (Phi) is 7.20. The molecule has 1 aliphatic heterocycles. The maximum atomic E-state index is 10.3. The van der Waals surface area contributed by atoms with Gasteiger partial charge in [-0.15, -0.1) is 10.2 Å². The molecule has 3 rings (SSSR count). The van der Waals surface area contributed by atoms with Gasteiger partial charge in [-0.2, -0.15) is 0 Å². The van der Waals surface area contributed by atoms with Crippen LogP contribution in [0.15, 0.2) is 28.7 Å². The lowest BCUT2D eigenvalue weighted by atomic mass is 10.1. The van der Waals surface area contributed by atoms with Gasteiger partial charge in [-0.25, -0.2) is 0 Å². The minimum absolute atomic E-state index is 0.306. The summed E-state index contributed by atoms with van der Waals surface area (Å²) < 4.78 is 11.4. The first-order chi connectivity index (χ1) is 13.1. The van der Waals surface area contributed by atoms with Crippen LogP contribution < -0.4 is 4.74 Å². The molecule has 1 unspecified atom stereocenters. The van der Waals surface area contributed by atoms with Crippen molar-refractivity contribution in [2.75, 3.05) is 33.3 Å². The number of rotatable bonds is 9. The molecule has 1 fully saturated rings. The van der Waals surface area contributed by atoms with Gasteiger partial charge in [0.15, 0.2) is 0 Å². The molecule has 27 heavy (non-hydrogen) atoms. The van der Waals surface area contributed by atoms with Crippen LogP contribution in [0.2, 0.25) is 0 Å². The van der Waals surface area contributed by atoms with Crippen molar-refractivity contribution in [1.29, 1.82) is 0 Å². The maximum absolute atomic E-state index is 10.3. The number of ether oxygens (including phenoxy) is 1. The molecule has 1 N–H and O–H groups in total. The number of aromatic nitrogens is 2. The summed E-state index contributed by atoms with van der Waals surface area (Å²) in [5, 5.41) is 18.2. The Hall–Kier alpha value is -1.96. The van der Waals surface area contributed by atoms with E-state index in [1.807, 2.05) is 31.3 Å². The predicted molar refractivity (Wildman–Crippen MR) is 102 cm³/mol. The second kappa shape index (κ2) is 9.82. The zero-order chi connectivity index (χ0) is 19.1. The van der Waals surface area contributed by atoms with Gasteiger partial charge in [0.2, 0.25) is 11.8 Å². The first-order valence-electron chi connectivity index (χ1n) is 9.69. The van der Waals surface area contributed by atoms with Gasteiger partial charge in [0.25, 0.3) is 0 Å². The number of likely N-dealkylation sites (tertiary alicyclic amines) is 1. The van der Waals surface area contributed by atoms with Crippen molar-refractivity contribution < 1.29 is 14.3 Å². The van der Waals surface area contributed by atoms with Gasteiger partial charge in [-0.3, -0.25) is 4.90 Å². The van der Waals surface area contributed by atoms with E-state index in [0.717, 1.165) is 24.4 Å². The largest absolute Gasteiger partial charge is 0.491 e. The van der Waals surface area contributed by atoms with Crippen LogP contribution in [0.4, 0.5) is 0 Å². The van der Waals surface area contributed by atoms with Gasteiger partial charge in [-0.05, 0) is 39.0 Å². The number of aliphatic hydroxyl groups is 1. The molecule has 7 heteroatoms. The number of aryl methyl sites for hydroxylation is 1. The van der Waals surface area contributed by atoms with E-state index < -0.39 is 6.10 Å². The Labute approximate surface area is 160 Å². The summed E-state index contributed by atoms with van der Waals surface area (Å²) in [6.07, 6.45) is 3.27. The van der Waals surface area contributed by atoms with Crippen LogP contribution in [0.1, 0.15) is 36.6 Å². The van der Waals surface area contributed by atoms with Crippen LogP contribution in [0.3, 0.4) is 0 Å². The van der Waals surface area contributed by atoms with Gasteiger partial charge in [-0.1, -0.05) is 24.6 Å². The normalized spacial score (nSPS) is 16.6. The molecule has 0 aliphatic carbocycles. The number of nitrogens with zero attached hydrogens (tertiary/aromatic N) is 4. The first kappa shape index (κ1) is 19.8. The molecule has 1 saturated heterocycles. The molecule has 0 amide bonds. The summed E-state index contributed by atoms with van der Waals surface area (Å²) in [5.41, 5.74) is 1.07. The molecule has 1 aromatic carbocycles. The fraction of sp³-hybridized carbons (Fsp3) is 0.600. The van der Waals surface area contributed by atoms with Crippen LogP contribution >= 0.6 is 0 Å². The predicted octanol–water partition coefficient (Wildman–Crippen LogP) is 2.24. The highest BCUT2D eigenvalue weighted by Gasteiger charge is 2.16. The van der Waals surface area contributed by atoms with Crippen molar-refractivity contribution in [1.82, 2.24) is 20.0 Å². The van der Waals surface area contributed by atoms with Crippen LogP contribution in [0.25, 0.3) is 0 Å². The molecule has 2 heterocycles. The van der Waals surface area contributed by atoms with Crippen molar-refractivity contribution in [2.24, 2.45) is 0 Å². The van der Waals surface area contributed by atoms with E-state index >= 15 is 0 Å². The molecule has 0 saturated carbocycles. The van der Waals surface area contributed by atoms with E-state index in [9.17, 15) is 5.11 Å². The van der Waals surface area contributed by atoms with Gasteiger partial charge < -0.3 is 19.2 Å². The molecule has 0 bridgehead atoms. The number of β-amino-alcohol motifs (C(OH)–C–C–N with tert-alkyl or cyclic N) is 1. The molecule has 1 aliphatic rings. The zero-order valence-electron chi connectivity index (χ0n) is 16.3. The standard InChI is InChI=1S/C20H30N4O3/c1-16-21-22-20(27-16)14-23(2)12-17-8-4-5-9-19(17)26-15-18(25)13-24-10-6-3-7-11-24/h4-5,8-9,18,25H,3,6-7,10-15H2,1-2H3. The Morgan fingerprint density at radius 2 is 1.96 bits per heavy atom. The van der Waals surface area contributed by atoms with Crippen LogP contribution in [-0.4, -0.2) is 64.5 Å². The number of aliphatic hydroxyl groups excluding tert-OH is 1. The van der Waals surface area contributed by atoms with E-state index in [0.29, 0.717) is 38.0 Å². The number of para-hydroxylation sites is 1. The van der Waals surface area contributed by atoms with Crippen LogP contribution in [-0.2, 0) is 13.1 Å². The molecule has 1 aromatic heterocycles. The zero-order valence-corrected chi connectivity index (χ0v) is 16.3. The van der Waals surface area contributed by atoms with E-state index in [1.54, 1.807) is 6.92 Å². The SMILES string of the molecule is Cc1nnc(CN(C)Cc2ccccc2OCC(O)CN2CCCCC2)o1.